The molecule has 4 heteroatoms. The predicted molar refractivity (Wildman–Crippen MR) is 56.0 cm³/mol. The number of hydrogen-bond acceptors (Lipinski definition) is 3. The Balaban J connectivity index is 2.90. The lowest BCUT2D eigenvalue weighted by molar-refractivity contribution is -0.117. The maximum absolute atomic E-state index is 10.4. The third-order valence-electron chi connectivity index (χ3n) is 1.63. The molecule has 1 aromatic carbocycles. The quantitative estimate of drug-likeness (QED) is 0.431. The van der Waals surface area contributed by atoms with Gasteiger partial charge in [-0.2, -0.15) is 0 Å². The number of anilines is 2. The molecule has 4 nitrogen and oxygen atoms in total. The van der Waals surface area contributed by atoms with Gasteiger partial charge in [0.25, 0.3) is 0 Å². The van der Waals surface area contributed by atoms with Gasteiger partial charge in [-0.15, -0.1) is 0 Å². The average molecular weight is 189 g/mol. The monoisotopic (exact) mass is 189 g/mol. The minimum atomic E-state index is -0.458. The minimum Gasteiger partial charge on any atom is -0.397 e. The van der Waals surface area contributed by atoms with Crippen LogP contribution < -0.4 is 17.2 Å². The van der Waals surface area contributed by atoms with E-state index in [-0.39, 0.29) is 6.42 Å². The standard InChI is InChI=1S/C10H11N3O/c11-8-5-1-3-7(10(8)13)4-2-6-9(12)14/h1,3,5H,6,11,13H2,(H2,12,14). The van der Waals surface area contributed by atoms with E-state index in [1.165, 1.54) is 0 Å². The van der Waals surface area contributed by atoms with Gasteiger partial charge < -0.3 is 17.2 Å². The van der Waals surface area contributed by atoms with Gasteiger partial charge in [-0.05, 0) is 12.1 Å². The number of amides is 1. The first-order valence-corrected chi connectivity index (χ1v) is 4.02. The van der Waals surface area contributed by atoms with Gasteiger partial charge in [0.1, 0.15) is 0 Å². The Morgan fingerprint density at radius 1 is 1.36 bits per heavy atom. The number of hydrogen-bond donors (Lipinski definition) is 3. The van der Waals surface area contributed by atoms with Gasteiger partial charge in [-0.1, -0.05) is 17.9 Å². The second-order valence-electron chi connectivity index (χ2n) is 2.75. The lowest BCUT2D eigenvalue weighted by Gasteiger charge is -2.00. The number of rotatable bonds is 1. The molecule has 1 rings (SSSR count). The van der Waals surface area contributed by atoms with E-state index >= 15 is 0 Å². The van der Waals surface area contributed by atoms with Crippen LogP contribution in [-0.4, -0.2) is 5.91 Å². The molecule has 72 valence electrons. The summed E-state index contributed by atoms with van der Waals surface area (Å²) in [4.78, 5) is 10.4. The fraction of sp³-hybridized carbons (Fsp3) is 0.100. The summed E-state index contributed by atoms with van der Waals surface area (Å²) in [5.41, 5.74) is 17.7. The van der Waals surface area contributed by atoms with Crippen LogP contribution in [0.4, 0.5) is 11.4 Å². The molecule has 14 heavy (non-hydrogen) atoms. The first-order chi connectivity index (χ1) is 6.61. The Morgan fingerprint density at radius 3 is 2.71 bits per heavy atom. The highest BCUT2D eigenvalue weighted by molar-refractivity contribution is 5.77. The Kier molecular flexibility index (Phi) is 2.97. The summed E-state index contributed by atoms with van der Waals surface area (Å²) in [7, 11) is 0. The second-order valence-corrected chi connectivity index (χ2v) is 2.75. The fourth-order valence-corrected chi connectivity index (χ4v) is 0.919. The van der Waals surface area contributed by atoms with Gasteiger partial charge in [0, 0.05) is 5.56 Å². The lowest BCUT2D eigenvalue weighted by atomic mass is 10.1. The zero-order valence-corrected chi connectivity index (χ0v) is 7.58. The van der Waals surface area contributed by atoms with Crippen LogP contribution in [0.2, 0.25) is 0 Å². The lowest BCUT2D eigenvalue weighted by Crippen LogP contribution is -2.08. The maximum Gasteiger partial charge on any atom is 0.229 e. The molecule has 0 aromatic heterocycles. The van der Waals surface area contributed by atoms with Crippen molar-refractivity contribution in [2.24, 2.45) is 5.73 Å². The van der Waals surface area contributed by atoms with E-state index < -0.39 is 5.91 Å². The van der Waals surface area contributed by atoms with Crippen molar-refractivity contribution in [3.05, 3.63) is 23.8 Å². The second kappa shape index (κ2) is 4.19. The highest BCUT2D eigenvalue weighted by atomic mass is 16.1. The van der Waals surface area contributed by atoms with Crippen LogP contribution in [0.25, 0.3) is 0 Å². The van der Waals surface area contributed by atoms with Crippen molar-refractivity contribution in [1.29, 1.82) is 0 Å². The largest absolute Gasteiger partial charge is 0.397 e. The molecule has 0 saturated heterocycles. The summed E-state index contributed by atoms with van der Waals surface area (Å²) in [5.74, 6) is 4.88. The first-order valence-electron chi connectivity index (χ1n) is 4.02. The van der Waals surface area contributed by atoms with Gasteiger partial charge in [-0.3, -0.25) is 4.79 Å². The Morgan fingerprint density at radius 2 is 2.07 bits per heavy atom. The van der Waals surface area contributed by atoms with Crippen molar-refractivity contribution in [2.45, 2.75) is 6.42 Å². The summed E-state index contributed by atoms with van der Waals surface area (Å²) in [6.45, 7) is 0. The highest BCUT2D eigenvalue weighted by Gasteiger charge is 1.97. The summed E-state index contributed by atoms with van der Waals surface area (Å²) >= 11 is 0. The fourth-order valence-electron chi connectivity index (χ4n) is 0.919. The van der Waals surface area contributed by atoms with Crippen LogP contribution in [0, 0.1) is 11.8 Å². The topological polar surface area (TPSA) is 95.1 Å². The third kappa shape index (κ3) is 2.42. The maximum atomic E-state index is 10.4. The van der Waals surface area contributed by atoms with Crippen LogP contribution in [0.15, 0.2) is 18.2 Å². The van der Waals surface area contributed by atoms with Gasteiger partial charge in [0.15, 0.2) is 0 Å². The van der Waals surface area contributed by atoms with E-state index in [1.54, 1.807) is 18.2 Å². The van der Waals surface area contributed by atoms with Crippen molar-refractivity contribution < 1.29 is 4.79 Å². The molecule has 1 aromatic rings. The van der Waals surface area contributed by atoms with Gasteiger partial charge in [-0.25, -0.2) is 0 Å². The Hall–Kier alpha value is -2.15. The molecule has 0 bridgehead atoms. The summed E-state index contributed by atoms with van der Waals surface area (Å²) in [5, 5.41) is 0. The molecule has 0 aliphatic rings. The molecule has 0 aliphatic carbocycles. The summed E-state index contributed by atoms with van der Waals surface area (Å²) < 4.78 is 0. The van der Waals surface area contributed by atoms with E-state index in [0.29, 0.717) is 16.9 Å². The van der Waals surface area contributed by atoms with Gasteiger partial charge >= 0.3 is 0 Å². The van der Waals surface area contributed by atoms with Gasteiger partial charge in [0.2, 0.25) is 5.91 Å². The van der Waals surface area contributed by atoms with E-state index in [2.05, 4.69) is 11.8 Å². The minimum absolute atomic E-state index is 0.0221. The number of nitrogens with two attached hydrogens (primary N) is 3. The molecule has 0 saturated carbocycles. The smallest absolute Gasteiger partial charge is 0.229 e. The van der Waals surface area contributed by atoms with Crippen molar-refractivity contribution in [3.63, 3.8) is 0 Å². The van der Waals surface area contributed by atoms with E-state index in [0.717, 1.165) is 0 Å². The number of nitrogen functional groups attached to an aromatic ring is 2. The SMILES string of the molecule is NC(=O)CC#Cc1cccc(N)c1N. The predicted octanol–water partition coefficient (Wildman–Crippen LogP) is 0.0779. The van der Waals surface area contributed by atoms with Crippen molar-refractivity contribution in [3.8, 4) is 11.8 Å². The zero-order chi connectivity index (χ0) is 10.6. The first kappa shape index (κ1) is 9.93. The number of para-hydroxylation sites is 1. The van der Waals surface area contributed by atoms with Crippen LogP contribution in [0.5, 0.6) is 0 Å². The number of carbonyl (C=O) groups is 1. The molecule has 6 N–H and O–H groups in total. The van der Waals surface area contributed by atoms with Crippen molar-refractivity contribution >= 4 is 17.3 Å². The summed E-state index contributed by atoms with van der Waals surface area (Å²) in [6.07, 6.45) is 0.0221. The number of benzene rings is 1. The molecule has 0 atom stereocenters. The highest BCUT2D eigenvalue weighted by Crippen LogP contribution is 2.17. The van der Waals surface area contributed by atoms with Gasteiger partial charge in [0.05, 0.1) is 17.8 Å². The molecular formula is C10H11N3O. The van der Waals surface area contributed by atoms with Crippen molar-refractivity contribution in [2.75, 3.05) is 11.5 Å². The van der Waals surface area contributed by atoms with E-state index in [9.17, 15) is 4.79 Å². The molecular weight excluding hydrogens is 178 g/mol. The third-order valence-corrected chi connectivity index (χ3v) is 1.63. The number of primary amides is 1. The Labute approximate surface area is 82.1 Å². The molecule has 0 radical (unpaired) electrons. The molecule has 0 unspecified atom stereocenters. The van der Waals surface area contributed by atoms with Crippen LogP contribution in [-0.2, 0) is 4.79 Å². The van der Waals surface area contributed by atoms with E-state index in [4.69, 9.17) is 17.2 Å². The average Bonchev–Trinajstić information content (AvgIpc) is 2.12. The number of carbonyl (C=O) groups excluding carboxylic acids is 1. The molecule has 0 spiro atoms. The zero-order valence-electron chi connectivity index (χ0n) is 7.58. The van der Waals surface area contributed by atoms with Crippen LogP contribution in [0.1, 0.15) is 12.0 Å². The normalized spacial score (nSPS) is 8.86. The molecule has 1 amide bonds. The van der Waals surface area contributed by atoms with Crippen LogP contribution in [0.3, 0.4) is 0 Å². The molecule has 0 aliphatic heterocycles. The molecule has 0 fully saturated rings. The van der Waals surface area contributed by atoms with Crippen LogP contribution >= 0.6 is 0 Å². The van der Waals surface area contributed by atoms with E-state index in [1.807, 2.05) is 0 Å². The molecule has 0 heterocycles. The van der Waals surface area contributed by atoms with Crippen molar-refractivity contribution in [1.82, 2.24) is 0 Å². The summed E-state index contributed by atoms with van der Waals surface area (Å²) in [6, 6.07) is 5.17. The Bertz CT molecular complexity index is 415.